The molecule has 0 bridgehead atoms. The summed E-state index contributed by atoms with van der Waals surface area (Å²) < 4.78 is 81.0. The monoisotopic (exact) mass is 448 g/mol. The molecular weight excluding hydrogens is 428 g/mol. The molecule has 0 aliphatic carbocycles. The van der Waals surface area contributed by atoms with Crippen molar-refractivity contribution in [2.45, 2.75) is 31.2 Å². The van der Waals surface area contributed by atoms with Gasteiger partial charge in [0.25, 0.3) is 5.91 Å². The van der Waals surface area contributed by atoms with Gasteiger partial charge in [0.05, 0.1) is 6.61 Å². The Balaban J connectivity index is 2.30. The van der Waals surface area contributed by atoms with Crippen molar-refractivity contribution in [1.82, 2.24) is 4.72 Å². The van der Waals surface area contributed by atoms with Gasteiger partial charge in [0.1, 0.15) is 10.7 Å². The van der Waals surface area contributed by atoms with E-state index in [0.717, 1.165) is 18.2 Å². The second-order valence-corrected chi connectivity index (χ2v) is 8.67. The fraction of sp³-hybridized carbons (Fsp3) is 0.316. The number of hydrogen-bond acceptors (Lipinski definition) is 4. The van der Waals surface area contributed by atoms with Crippen LogP contribution in [0.4, 0.5) is 23.2 Å². The van der Waals surface area contributed by atoms with Crippen LogP contribution in [0.3, 0.4) is 0 Å². The number of aliphatic hydroxyl groups is 1. The maximum atomic E-state index is 14.2. The molecule has 2 aromatic rings. The average molecular weight is 448 g/mol. The van der Waals surface area contributed by atoms with Gasteiger partial charge in [0.2, 0.25) is 10.0 Å². The number of anilines is 1. The van der Waals surface area contributed by atoms with Crippen LogP contribution in [-0.4, -0.2) is 32.1 Å². The van der Waals surface area contributed by atoms with Crippen molar-refractivity contribution in [2.24, 2.45) is 5.92 Å². The lowest BCUT2D eigenvalue weighted by Crippen LogP contribution is -2.38. The Morgan fingerprint density at radius 2 is 1.63 bits per heavy atom. The third-order valence-corrected chi connectivity index (χ3v) is 5.56. The fourth-order valence-corrected chi connectivity index (χ4v) is 4.04. The quantitative estimate of drug-likeness (QED) is 0.427. The Morgan fingerprint density at radius 3 is 2.17 bits per heavy atom. The summed E-state index contributed by atoms with van der Waals surface area (Å²) in [7, 11) is -4.43. The van der Waals surface area contributed by atoms with Crippen molar-refractivity contribution < 1.29 is 35.9 Å². The van der Waals surface area contributed by atoms with Gasteiger partial charge in [-0.25, -0.2) is 30.7 Å². The van der Waals surface area contributed by atoms with E-state index >= 15 is 0 Å². The standard InChI is InChI=1S/C19H20F4N2O4S/c1-10(2)5-13(9-26)25-30(28,29)17-6-11(3-4-14(17)20)19(27)24-12-7-15(21)18(23)16(22)8-12/h3-4,6-8,10,13,25-26H,5,9H2,1-2H3,(H,24,27). The molecule has 1 unspecified atom stereocenters. The van der Waals surface area contributed by atoms with Crippen molar-refractivity contribution in [3.05, 3.63) is 59.2 Å². The van der Waals surface area contributed by atoms with Crippen LogP contribution in [-0.2, 0) is 10.0 Å². The molecular formula is C19H20F4N2O4S. The van der Waals surface area contributed by atoms with E-state index in [1.165, 1.54) is 0 Å². The fourth-order valence-electron chi connectivity index (χ4n) is 2.69. The van der Waals surface area contributed by atoms with Gasteiger partial charge in [-0.1, -0.05) is 13.8 Å². The zero-order valence-corrected chi connectivity index (χ0v) is 16.9. The van der Waals surface area contributed by atoms with Gasteiger partial charge in [0.15, 0.2) is 17.5 Å². The van der Waals surface area contributed by atoms with Crippen molar-refractivity contribution in [1.29, 1.82) is 0 Å². The normalized spacial score (nSPS) is 12.8. The Morgan fingerprint density at radius 1 is 1.03 bits per heavy atom. The SMILES string of the molecule is CC(C)CC(CO)NS(=O)(=O)c1cc(C(=O)Nc2cc(F)c(F)c(F)c2)ccc1F. The number of carbonyl (C=O) groups is 1. The van der Waals surface area contributed by atoms with E-state index in [9.17, 15) is 35.9 Å². The van der Waals surface area contributed by atoms with E-state index < -0.39 is 62.4 Å². The molecule has 0 saturated heterocycles. The van der Waals surface area contributed by atoms with E-state index in [0.29, 0.717) is 18.6 Å². The number of rotatable bonds is 8. The highest BCUT2D eigenvalue weighted by Gasteiger charge is 2.25. The topological polar surface area (TPSA) is 95.5 Å². The van der Waals surface area contributed by atoms with Gasteiger partial charge in [-0.15, -0.1) is 0 Å². The van der Waals surface area contributed by atoms with Crippen molar-refractivity contribution in [2.75, 3.05) is 11.9 Å². The van der Waals surface area contributed by atoms with Gasteiger partial charge in [-0.3, -0.25) is 4.79 Å². The molecule has 0 aliphatic heterocycles. The Labute approximate surface area is 171 Å². The minimum absolute atomic E-state index is 0.0447. The maximum Gasteiger partial charge on any atom is 0.255 e. The third kappa shape index (κ3) is 5.77. The average Bonchev–Trinajstić information content (AvgIpc) is 2.65. The lowest BCUT2D eigenvalue weighted by atomic mass is 10.1. The molecule has 0 saturated carbocycles. The van der Waals surface area contributed by atoms with Crippen LogP contribution in [0.1, 0.15) is 30.6 Å². The Bertz CT molecular complexity index is 1020. The summed E-state index contributed by atoms with van der Waals surface area (Å²) in [4.78, 5) is 11.5. The summed E-state index contributed by atoms with van der Waals surface area (Å²) in [6.45, 7) is 3.11. The summed E-state index contributed by atoms with van der Waals surface area (Å²) in [6.07, 6.45) is 0.291. The number of hydrogen-bond donors (Lipinski definition) is 3. The molecule has 11 heteroatoms. The molecule has 6 nitrogen and oxygen atoms in total. The zero-order valence-electron chi connectivity index (χ0n) is 16.0. The number of nitrogens with one attached hydrogen (secondary N) is 2. The molecule has 30 heavy (non-hydrogen) atoms. The number of carbonyl (C=O) groups excluding carboxylic acids is 1. The number of amides is 1. The first-order valence-electron chi connectivity index (χ1n) is 8.83. The molecule has 0 fully saturated rings. The summed E-state index contributed by atoms with van der Waals surface area (Å²) in [5.41, 5.74) is -0.744. The molecule has 164 valence electrons. The molecule has 1 amide bonds. The number of aliphatic hydroxyl groups excluding tert-OH is 1. The molecule has 2 rings (SSSR count). The number of benzene rings is 2. The lowest BCUT2D eigenvalue weighted by Gasteiger charge is -2.18. The number of halogens is 4. The van der Waals surface area contributed by atoms with Gasteiger partial charge in [-0.05, 0) is 30.5 Å². The minimum Gasteiger partial charge on any atom is -0.395 e. The van der Waals surface area contributed by atoms with Gasteiger partial charge < -0.3 is 10.4 Å². The molecule has 0 radical (unpaired) electrons. The smallest absolute Gasteiger partial charge is 0.255 e. The highest BCUT2D eigenvalue weighted by molar-refractivity contribution is 7.89. The van der Waals surface area contributed by atoms with E-state index in [1.807, 2.05) is 13.8 Å². The first kappa shape index (κ1) is 23.8. The predicted molar refractivity (Wildman–Crippen MR) is 101 cm³/mol. The van der Waals surface area contributed by atoms with Crippen LogP contribution in [0.15, 0.2) is 35.2 Å². The van der Waals surface area contributed by atoms with Gasteiger partial charge in [0, 0.05) is 29.4 Å². The molecule has 0 heterocycles. The first-order valence-corrected chi connectivity index (χ1v) is 10.3. The van der Waals surface area contributed by atoms with Crippen molar-refractivity contribution >= 4 is 21.6 Å². The molecule has 2 aromatic carbocycles. The summed E-state index contributed by atoms with van der Waals surface area (Å²) >= 11 is 0. The Hall–Kier alpha value is -2.50. The zero-order chi connectivity index (χ0) is 22.6. The predicted octanol–water partition coefficient (Wildman–Crippen LogP) is 3.18. The maximum absolute atomic E-state index is 14.2. The van der Waals surface area contributed by atoms with Crippen LogP contribution in [0.5, 0.6) is 0 Å². The largest absolute Gasteiger partial charge is 0.395 e. The Kier molecular flexibility index (Phi) is 7.56. The summed E-state index contributed by atoms with van der Waals surface area (Å²) in [5, 5.41) is 11.4. The van der Waals surface area contributed by atoms with Gasteiger partial charge >= 0.3 is 0 Å². The first-order chi connectivity index (χ1) is 13.9. The highest BCUT2D eigenvalue weighted by atomic mass is 32.2. The van der Waals surface area contributed by atoms with Crippen LogP contribution in [0, 0.1) is 29.2 Å². The number of sulfonamides is 1. The van der Waals surface area contributed by atoms with E-state index in [-0.39, 0.29) is 11.5 Å². The summed E-state index contributed by atoms with van der Waals surface area (Å²) in [6, 6.07) is 2.67. The van der Waals surface area contributed by atoms with Crippen LogP contribution in [0.25, 0.3) is 0 Å². The van der Waals surface area contributed by atoms with Crippen LogP contribution >= 0.6 is 0 Å². The minimum atomic E-state index is -4.43. The molecule has 1 atom stereocenters. The van der Waals surface area contributed by atoms with Crippen LogP contribution in [0.2, 0.25) is 0 Å². The highest BCUT2D eigenvalue weighted by Crippen LogP contribution is 2.21. The lowest BCUT2D eigenvalue weighted by molar-refractivity contribution is 0.102. The molecule has 0 aliphatic rings. The second-order valence-electron chi connectivity index (χ2n) is 6.98. The second kappa shape index (κ2) is 9.54. The van der Waals surface area contributed by atoms with Crippen LogP contribution < -0.4 is 10.0 Å². The van der Waals surface area contributed by atoms with E-state index in [2.05, 4.69) is 10.0 Å². The van der Waals surface area contributed by atoms with E-state index in [1.54, 1.807) is 0 Å². The molecule has 0 spiro atoms. The van der Waals surface area contributed by atoms with Gasteiger partial charge in [-0.2, -0.15) is 0 Å². The molecule has 0 aromatic heterocycles. The van der Waals surface area contributed by atoms with Crippen molar-refractivity contribution in [3.63, 3.8) is 0 Å². The molecule has 3 N–H and O–H groups in total. The third-order valence-electron chi connectivity index (χ3n) is 4.02. The summed E-state index contributed by atoms with van der Waals surface area (Å²) in [5.74, 6) is -6.87. The van der Waals surface area contributed by atoms with Crippen molar-refractivity contribution in [3.8, 4) is 0 Å². The van der Waals surface area contributed by atoms with E-state index in [4.69, 9.17) is 0 Å².